The number of halogens is 9. The van der Waals surface area contributed by atoms with Crippen molar-refractivity contribution < 1.29 is 39.5 Å². The first kappa shape index (κ1) is 16.4. The Morgan fingerprint density at radius 3 is 1.54 bits per heavy atom. The molecular weight excluding hydrogens is 351 g/mol. The van der Waals surface area contributed by atoms with Crippen molar-refractivity contribution in [1.29, 1.82) is 0 Å². The molecule has 0 heterocycles. The van der Waals surface area contributed by atoms with Gasteiger partial charge in [0.2, 0.25) is 5.82 Å². The molecule has 0 N–H and O–H groups in total. The van der Waals surface area contributed by atoms with E-state index in [2.05, 4.69) is 0 Å². The number of allylic oxidation sites excluding steroid dienone is 1. The maximum absolute atomic E-state index is 14.0. The predicted molar refractivity (Wildman–Crippen MR) is 64.4 cm³/mol. The molecule has 0 fully saturated rings. The lowest BCUT2D eigenvalue weighted by molar-refractivity contribution is 0.380. The highest BCUT2D eigenvalue weighted by molar-refractivity contribution is 5.76. The zero-order valence-corrected chi connectivity index (χ0v) is 11.2. The van der Waals surface area contributed by atoms with Crippen molar-refractivity contribution in [1.82, 2.24) is 0 Å². The van der Waals surface area contributed by atoms with Crippen LogP contribution in [0, 0.1) is 40.7 Å². The lowest BCUT2D eigenvalue weighted by Crippen LogP contribution is -2.07. The quantitative estimate of drug-likeness (QED) is 0.361. The van der Waals surface area contributed by atoms with E-state index in [1.807, 2.05) is 0 Å². The summed E-state index contributed by atoms with van der Waals surface area (Å²) in [7, 11) is 0. The van der Waals surface area contributed by atoms with Gasteiger partial charge in [-0.3, -0.25) is 0 Å². The molecule has 0 saturated carbocycles. The number of hydrogen-bond acceptors (Lipinski definition) is 0. The van der Waals surface area contributed by atoms with Crippen LogP contribution in [0.3, 0.4) is 0 Å². The Balaban J connectivity index is 2.36. The topological polar surface area (TPSA) is 0 Å². The third kappa shape index (κ3) is 2.03. The van der Waals surface area contributed by atoms with Gasteiger partial charge in [-0.1, -0.05) is 0 Å². The van der Waals surface area contributed by atoms with E-state index >= 15 is 0 Å². The van der Waals surface area contributed by atoms with Crippen LogP contribution in [0.25, 0.3) is 17.0 Å². The first-order chi connectivity index (χ1) is 11.2. The van der Waals surface area contributed by atoms with Crippen LogP contribution in [0.1, 0.15) is 11.1 Å². The maximum Gasteiger partial charge on any atom is 0.200 e. The van der Waals surface area contributed by atoms with Gasteiger partial charge in [0.05, 0.1) is 11.1 Å². The van der Waals surface area contributed by atoms with Crippen molar-refractivity contribution in [2.45, 2.75) is 6.42 Å². The summed E-state index contributed by atoms with van der Waals surface area (Å²) in [5, 5.41) is 0. The fourth-order valence-electron chi connectivity index (χ4n) is 2.46. The highest BCUT2D eigenvalue weighted by atomic mass is 19.2. The minimum Gasteiger partial charge on any atom is -0.208 e. The SMILES string of the molecule is FC1=C(F)c2c(cc(-c3c(F)c(F)c(F)c(F)c3F)c(F)c2F)C1. The van der Waals surface area contributed by atoms with E-state index in [-0.39, 0.29) is 0 Å². The van der Waals surface area contributed by atoms with E-state index in [1.165, 1.54) is 0 Å². The van der Waals surface area contributed by atoms with Crippen molar-refractivity contribution in [3.05, 3.63) is 63.7 Å². The molecular formula is C15H3F9. The van der Waals surface area contributed by atoms with Crippen molar-refractivity contribution in [2.24, 2.45) is 0 Å². The minimum absolute atomic E-state index is 0.443. The number of benzene rings is 2. The third-order valence-corrected chi connectivity index (χ3v) is 3.57. The molecule has 0 radical (unpaired) electrons. The molecule has 0 spiro atoms. The summed E-state index contributed by atoms with van der Waals surface area (Å²) in [6.45, 7) is 0. The summed E-state index contributed by atoms with van der Waals surface area (Å²) < 4.78 is 121. The van der Waals surface area contributed by atoms with Gasteiger partial charge in [0.15, 0.2) is 40.7 Å². The largest absolute Gasteiger partial charge is 0.208 e. The summed E-state index contributed by atoms with van der Waals surface area (Å²) in [5.74, 6) is -19.2. The van der Waals surface area contributed by atoms with Crippen molar-refractivity contribution >= 4 is 5.83 Å². The van der Waals surface area contributed by atoms with E-state index in [9.17, 15) is 39.5 Å². The summed E-state index contributed by atoms with van der Waals surface area (Å²) in [6, 6.07) is 0.443. The van der Waals surface area contributed by atoms with Crippen molar-refractivity contribution in [3.63, 3.8) is 0 Å². The molecule has 0 bridgehead atoms. The van der Waals surface area contributed by atoms with Crippen LogP contribution in [0.5, 0.6) is 0 Å². The van der Waals surface area contributed by atoms with Crippen molar-refractivity contribution in [2.75, 3.05) is 0 Å². The van der Waals surface area contributed by atoms with Crippen LogP contribution in [-0.2, 0) is 6.42 Å². The van der Waals surface area contributed by atoms with E-state index < -0.39 is 81.0 Å². The lowest BCUT2D eigenvalue weighted by atomic mass is 9.97. The summed E-state index contributed by atoms with van der Waals surface area (Å²) in [5.41, 5.74) is -4.67. The summed E-state index contributed by atoms with van der Waals surface area (Å²) in [4.78, 5) is 0. The standard InChI is InChI=1S/C15H3F9/c16-5-2-3-1-4(8(17)10(19)6(3)9(5)18)7-11(20)13(22)15(24)14(23)12(7)21/h1H,2H2. The molecule has 24 heavy (non-hydrogen) atoms. The Labute approximate surface area is 127 Å². The Bertz CT molecular complexity index is 899. The first-order valence-corrected chi connectivity index (χ1v) is 6.24. The lowest BCUT2D eigenvalue weighted by Gasteiger charge is -2.12. The number of hydrogen-bond donors (Lipinski definition) is 0. The monoisotopic (exact) mass is 354 g/mol. The number of rotatable bonds is 1. The minimum atomic E-state index is -2.48. The fraction of sp³-hybridized carbons (Fsp3) is 0.0667. The molecule has 1 aliphatic carbocycles. The van der Waals surface area contributed by atoms with E-state index in [1.54, 1.807) is 0 Å². The first-order valence-electron chi connectivity index (χ1n) is 6.24. The fourth-order valence-corrected chi connectivity index (χ4v) is 2.46. The van der Waals surface area contributed by atoms with E-state index in [0.29, 0.717) is 6.07 Å². The molecule has 0 nitrogen and oxygen atoms in total. The molecule has 0 atom stereocenters. The normalized spacial score (nSPS) is 13.7. The van der Waals surface area contributed by atoms with E-state index in [4.69, 9.17) is 0 Å². The third-order valence-electron chi connectivity index (χ3n) is 3.57. The molecule has 2 aromatic carbocycles. The molecule has 0 saturated heterocycles. The van der Waals surface area contributed by atoms with Gasteiger partial charge in [0.1, 0.15) is 5.83 Å². The molecule has 3 rings (SSSR count). The average molecular weight is 354 g/mol. The molecule has 126 valence electrons. The van der Waals surface area contributed by atoms with Gasteiger partial charge < -0.3 is 0 Å². The van der Waals surface area contributed by atoms with Gasteiger partial charge in [-0.25, -0.2) is 39.5 Å². The Morgan fingerprint density at radius 2 is 1.00 bits per heavy atom. The van der Waals surface area contributed by atoms with Crippen LogP contribution in [0.4, 0.5) is 39.5 Å². The Hall–Kier alpha value is -2.45. The van der Waals surface area contributed by atoms with Crippen LogP contribution >= 0.6 is 0 Å². The van der Waals surface area contributed by atoms with Gasteiger partial charge in [-0.05, 0) is 11.6 Å². The molecule has 0 unspecified atom stereocenters. The Kier molecular flexibility index (Phi) is 3.61. The van der Waals surface area contributed by atoms with Crippen LogP contribution in [0.2, 0.25) is 0 Å². The highest BCUT2D eigenvalue weighted by Crippen LogP contribution is 2.42. The molecule has 0 aliphatic heterocycles. The maximum atomic E-state index is 14.0. The van der Waals surface area contributed by atoms with Gasteiger partial charge in [-0.2, -0.15) is 0 Å². The summed E-state index contributed by atoms with van der Waals surface area (Å²) in [6.07, 6.45) is -0.846. The molecule has 2 aromatic rings. The van der Waals surface area contributed by atoms with Crippen LogP contribution in [0.15, 0.2) is 11.9 Å². The van der Waals surface area contributed by atoms with Gasteiger partial charge in [-0.15, -0.1) is 0 Å². The van der Waals surface area contributed by atoms with Crippen LogP contribution < -0.4 is 0 Å². The summed E-state index contributed by atoms with van der Waals surface area (Å²) >= 11 is 0. The van der Waals surface area contributed by atoms with Crippen LogP contribution in [-0.4, -0.2) is 0 Å². The van der Waals surface area contributed by atoms with Gasteiger partial charge in [0.25, 0.3) is 0 Å². The molecule has 0 amide bonds. The zero-order valence-electron chi connectivity index (χ0n) is 11.2. The zero-order chi connectivity index (χ0) is 17.9. The van der Waals surface area contributed by atoms with E-state index in [0.717, 1.165) is 0 Å². The molecule has 1 aliphatic rings. The molecule has 0 aromatic heterocycles. The Morgan fingerprint density at radius 1 is 0.542 bits per heavy atom. The second-order valence-electron chi connectivity index (χ2n) is 4.93. The highest BCUT2D eigenvalue weighted by Gasteiger charge is 2.33. The average Bonchev–Trinajstić information content (AvgIpc) is 2.83. The number of fused-ring (bicyclic) bond motifs is 1. The van der Waals surface area contributed by atoms with Gasteiger partial charge >= 0.3 is 0 Å². The second-order valence-corrected chi connectivity index (χ2v) is 4.93. The van der Waals surface area contributed by atoms with Gasteiger partial charge in [0, 0.05) is 12.0 Å². The second kappa shape index (κ2) is 5.29. The van der Waals surface area contributed by atoms with Crippen molar-refractivity contribution in [3.8, 4) is 11.1 Å². The smallest absolute Gasteiger partial charge is 0.200 e. The predicted octanol–water partition coefficient (Wildman–Crippen LogP) is 5.49. The molecule has 9 heteroatoms.